The Morgan fingerprint density at radius 1 is 1.12 bits per heavy atom. The Morgan fingerprint density at radius 3 is 2.70 bits per heavy atom. The van der Waals surface area contributed by atoms with E-state index in [9.17, 15) is 15.0 Å². The predicted molar refractivity (Wildman–Crippen MR) is 128 cm³/mol. The number of aryl methyl sites for hydroxylation is 2. The minimum atomic E-state index is -0.984. The van der Waals surface area contributed by atoms with Crippen molar-refractivity contribution in [2.24, 2.45) is 0 Å². The first-order chi connectivity index (χ1) is 15.8. The molecular weight excluding hydrogens is 418 g/mol. The first-order valence-electron chi connectivity index (χ1n) is 11.8. The van der Waals surface area contributed by atoms with Crippen molar-refractivity contribution in [3.63, 3.8) is 0 Å². The van der Waals surface area contributed by atoms with Gasteiger partial charge in [-0.05, 0) is 75.0 Å². The Balaban J connectivity index is 1.72. The zero-order valence-corrected chi connectivity index (χ0v) is 20.0. The third-order valence-corrected chi connectivity index (χ3v) is 6.06. The number of ether oxygens (including phenoxy) is 1. The highest BCUT2D eigenvalue weighted by Crippen LogP contribution is 2.24. The minimum absolute atomic E-state index is 0.00851. The van der Waals surface area contributed by atoms with Crippen LogP contribution in [0.15, 0.2) is 36.4 Å². The van der Waals surface area contributed by atoms with Crippen molar-refractivity contribution in [2.75, 3.05) is 33.8 Å². The molecule has 0 saturated carbocycles. The van der Waals surface area contributed by atoms with Crippen molar-refractivity contribution in [2.45, 2.75) is 57.8 Å². The number of carbonyl (C=O) groups excluding carboxylic acids is 1. The van der Waals surface area contributed by atoms with Crippen LogP contribution in [0.2, 0.25) is 0 Å². The van der Waals surface area contributed by atoms with Crippen LogP contribution in [0.5, 0.6) is 5.75 Å². The number of fused-ring (bicyclic) bond motifs is 1. The summed E-state index contributed by atoms with van der Waals surface area (Å²) in [4.78, 5) is 20.9. The van der Waals surface area contributed by atoms with Crippen LogP contribution in [0.4, 0.5) is 0 Å². The fraction of sp³-hybridized carbons (Fsp3) is 0.538. The van der Waals surface area contributed by atoms with Crippen molar-refractivity contribution in [1.29, 1.82) is 0 Å². The number of amides is 1. The Hall–Kier alpha value is -2.48. The molecule has 0 saturated heterocycles. The summed E-state index contributed by atoms with van der Waals surface area (Å²) >= 11 is 0. The molecule has 1 aromatic carbocycles. The number of rotatable bonds is 3. The number of aromatic nitrogens is 1. The highest BCUT2D eigenvalue weighted by Gasteiger charge is 2.20. The molecule has 0 radical (unpaired) electrons. The Labute approximate surface area is 197 Å². The van der Waals surface area contributed by atoms with Crippen LogP contribution in [0.3, 0.4) is 0 Å². The summed E-state index contributed by atoms with van der Waals surface area (Å²) in [5.41, 5.74) is 3.60. The minimum Gasteiger partial charge on any atom is -0.491 e. The van der Waals surface area contributed by atoms with E-state index in [1.165, 1.54) is 0 Å². The summed E-state index contributed by atoms with van der Waals surface area (Å²) in [5, 5.41) is 21.0. The molecule has 0 spiro atoms. The molecule has 7 nitrogen and oxygen atoms in total. The van der Waals surface area contributed by atoms with E-state index in [4.69, 9.17) is 4.74 Å². The number of nitrogens with zero attached hydrogens (tertiary/aromatic N) is 3. The van der Waals surface area contributed by atoms with Gasteiger partial charge >= 0.3 is 0 Å². The van der Waals surface area contributed by atoms with E-state index < -0.39 is 12.2 Å². The standard InChI is InChI=1S/C26H37N3O4/c1-19-8-7-10-22(27-19)17-29-14-6-4-5-9-20-16-21(26(32)28(2)3)11-12-25(20)33-18-24(31)23(30)13-15-29/h7-8,10-12,16,23-24,30-31H,4-6,9,13-15,17-18H2,1-3H3/t23-,24+/m0/s1. The van der Waals surface area contributed by atoms with E-state index >= 15 is 0 Å². The molecule has 3 rings (SSSR count). The molecular formula is C26H37N3O4. The molecule has 1 aliphatic rings. The van der Waals surface area contributed by atoms with Crippen LogP contribution in [0.1, 0.15) is 53.0 Å². The van der Waals surface area contributed by atoms with Crippen molar-refractivity contribution in [1.82, 2.24) is 14.8 Å². The lowest BCUT2D eigenvalue weighted by molar-refractivity contribution is -0.0163. The molecule has 0 bridgehead atoms. The van der Waals surface area contributed by atoms with E-state index in [2.05, 4.69) is 9.88 Å². The van der Waals surface area contributed by atoms with Gasteiger partial charge in [0.2, 0.25) is 0 Å². The third kappa shape index (κ3) is 7.52. The summed E-state index contributed by atoms with van der Waals surface area (Å²) in [6.45, 7) is 4.30. The highest BCUT2D eigenvalue weighted by atomic mass is 16.5. The van der Waals surface area contributed by atoms with Gasteiger partial charge in [-0.3, -0.25) is 14.7 Å². The number of hydrogen-bond donors (Lipinski definition) is 2. The van der Waals surface area contributed by atoms with Gasteiger partial charge in [-0.25, -0.2) is 0 Å². The van der Waals surface area contributed by atoms with Gasteiger partial charge in [0.05, 0.1) is 11.8 Å². The number of aliphatic hydroxyl groups excluding tert-OH is 2. The maximum atomic E-state index is 12.4. The summed E-state index contributed by atoms with van der Waals surface area (Å²) in [7, 11) is 3.47. The molecule has 0 unspecified atom stereocenters. The lowest BCUT2D eigenvalue weighted by Crippen LogP contribution is -2.36. The number of benzene rings is 1. The molecule has 1 aromatic heterocycles. The zero-order chi connectivity index (χ0) is 23.8. The lowest BCUT2D eigenvalue weighted by Gasteiger charge is -2.26. The second-order valence-corrected chi connectivity index (χ2v) is 9.11. The van der Waals surface area contributed by atoms with Gasteiger partial charge in [-0.1, -0.05) is 12.5 Å². The average molecular weight is 456 g/mol. The van der Waals surface area contributed by atoms with Crippen molar-refractivity contribution >= 4 is 5.91 Å². The number of carbonyl (C=O) groups is 1. The van der Waals surface area contributed by atoms with Crippen LogP contribution in [-0.4, -0.2) is 76.9 Å². The highest BCUT2D eigenvalue weighted by molar-refractivity contribution is 5.94. The van der Waals surface area contributed by atoms with E-state index in [0.29, 0.717) is 24.3 Å². The quantitative estimate of drug-likeness (QED) is 0.740. The molecule has 2 N–H and O–H groups in total. The molecule has 33 heavy (non-hydrogen) atoms. The molecule has 1 aliphatic heterocycles. The summed E-state index contributed by atoms with van der Waals surface area (Å²) in [6.07, 6.45) is 2.45. The Kier molecular flexibility index (Phi) is 9.23. The molecule has 0 aliphatic carbocycles. The van der Waals surface area contributed by atoms with Crippen molar-refractivity contribution in [3.8, 4) is 5.75 Å². The lowest BCUT2D eigenvalue weighted by atomic mass is 10.0. The fourth-order valence-electron chi connectivity index (χ4n) is 4.11. The van der Waals surface area contributed by atoms with E-state index in [1.807, 2.05) is 31.2 Å². The summed E-state index contributed by atoms with van der Waals surface area (Å²) in [5.74, 6) is 0.619. The number of hydrogen-bond acceptors (Lipinski definition) is 6. The summed E-state index contributed by atoms with van der Waals surface area (Å²) < 4.78 is 5.89. The van der Waals surface area contributed by atoms with E-state index in [-0.39, 0.29) is 12.5 Å². The molecule has 2 atom stereocenters. The zero-order valence-electron chi connectivity index (χ0n) is 20.0. The van der Waals surface area contributed by atoms with Gasteiger partial charge in [-0.2, -0.15) is 0 Å². The van der Waals surface area contributed by atoms with Gasteiger partial charge in [0, 0.05) is 38.4 Å². The first-order valence-corrected chi connectivity index (χ1v) is 11.8. The molecule has 2 heterocycles. The average Bonchev–Trinajstić information content (AvgIpc) is 2.79. The Bertz CT molecular complexity index is 918. The van der Waals surface area contributed by atoms with Gasteiger partial charge in [0.15, 0.2) is 0 Å². The van der Waals surface area contributed by atoms with Crippen LogP contribution in [-0.2, 0) is 13.0 Å². The van der Waals surface area contributed by atoms with E-state index in [1.54, 1.807) is 31.1 Å². The second-order valence-electron chi connectivity index (χ2n) is 9.11. The van der Waals surface area contributed by atoms with Crippen LogP contribution in [0, 0.1) is 6.92 Å². The molecule has 7 heteroatoms. The normalized spacial score (nSPS) is 20.9. The smallest absolute Gasteiger partial charge is 0.253 e. The molecule has 2 aromatic rings. The van der Waals surface area contributed by atoms with Crippen LogP contribution >= 0.6 is 0 Å². The Morgan fingerprint density at radius 2 is 1.94 bits per heavy atom. The molecule has 0 fully saturated rings. The van der Waals surface area contributed by atoms with Gasteiger partial charge < -0.3 is 19.8 Å². The second kappa shape index (κ2) is 12.1. The van der Waals surface area contributed by atoms with Gasteiger partial charge in [0.1, 0.15) is 18.5 Å². The molecule has 180 valence electrons. The summed E-state index contributed by atoms with van der Waals surface area (Å²) in [6, 6.07) is 11.5. The number of pyridine rings is 1. The maximum absolute atomic E-state index is 12.4. The van der Waals surface area contributed by atoms with Gasteiger partial charge in [0.25, 0.3) is 5.91 Å². The fourth-order valence-corrected chi connectivity index (χ4v) is 4.11. The largest absolute Gasteiger partial charge is 0.491 e. The van der Waals surface area contributed by atoms with Crippen molar-refractivity contribution < 1.29 is 19.7 Å². The van der Waals surface area contributed by atoms with Crippen LogP contribution in [0.25, 0.3) is 0 Å². The van der Waals surface area contributed by atoms with Gasteiger partial charge in [-0.15, -0.1) is 0 Å². The maximum Gasteiger partial charge on any atom is 0.253 e. The molecule has 1 amide bonds. The SMILES string of the molecule is Cc1cccc(CN2CCCCCc3cc(C(=O)N(C)C)ccc3OC[C@@H](O)[C@@H](O)CC2)n1. The van der Waals surface area contributed by atoms with E-state index in [0.717, 1.165) is 55.7 Å². The number of aliphatic hydroxyl groups is 2. The topological polar surface area (TPSA) is 86.1 Å². The monoisotopic (exact) mass is 455 g/mol. The predicted octanol–water partition coefficient (Wildman–Crippen LogP) is 2.81. The van der Waals surface area contributed by atoms with Crippen LogP contribution < -0.4 is 4.74 Å². The van der Waals surface area contributed by atoms with Crippen molar-refractivity contribution in [3.05, 3.63) is 58.9 Å². The third-order valence-electron chi connectivity index (χ3n) is 6.06. The first kappa shape index (κ1) is 25.1.